The Morgan fingerprint density at radius 2 is 1.90 bits per heavy atom. The van der Waals surface area contributed by atoms with E-state index in [-0.39, 0.29) is 6.04 Å². The minimum absolute atomic E-state index is 0.0794. The van der Waals surface area contributed by atoms with Crippen molar-refractivity contribution in [1.82, 2.24) is 5.32 Å². The first-order valence-corrected chi connectivity index (χ1v) is 8.13. The van der Waals surface area contributed by atoms with Crippen molar-refractivity contribution in [2.45, 2.75) is 13.0 Å². The van der Waals surface area contributed by atoms with E-state index in [9.17, 15) is 0 Å². The summed E-state index contributed by atoms with van der Waals surface area (Å²) in [4.78, 5) is 0. The number of hydrogen-bond acceptors (Lipinski definition) is 2. The molecule has 2 aromatic carbocycles. The topological polar surface area (TPSA) is 21.3 Å². The van der Waals surface area contributed by atoms with E-state index in [1.165, 1.54) is 0 Å². The minimum atomic E-state index is -0.0794. The van der Waals surface area contributed by atoms with Crippen LogP contribution in [0.4, 0.5) is 0 Å². The van der Waals surface area contributed by atoms with Crippen molar-refractivity contribution >= 4 is 39.1 Å². The van der Waals surface area contributed by atoms with Crippen molar-refractivity contribution < 1.29 is 4.74 Å². The van der Waals surface area contributed by atoms with E-state index in [4.69, 9.17) is 27.9 Å². The number of rotatable bonds is 5. The molecule has 1 unspecified atom stereocenters. The third-order valence-corrected chi connectivity index (χ3v) is 4.26. The lowest BCUT2D eigenvalue weighted by Gasteiger charge is -2.22. The highest BCUT2D eigenvalue weighted by molar-refractivity contribution is 9.10. The highest BCUT2D eigenvalue weighted by Gasteiger charge is 2.20. The Morgan fingerprint density at radius 3 is 2.57 bits per heavy atom. The predicted molar refractivity (Wildman–Crippen MR) is 92.7 cm³/mol. The molecular formula is C16H16BrCl2NO. The number of ether oxygens (including phenoxy) is 1. The fourth-order valence-electron chi connectivity index (χ4n) is 2.25. The lowest BCUT2D eigenvalue weighted by Crippen LogP contribution is -2.23. The van der Waals surface area contributed by atoms with Crippen molar-refractivity contribution in [2.24, 2.45) is 0 Å². The van der Waals surface area contributed by atoms with Gasteiger partial charge >= 0.3 is 0 Å². The number of nitrogens with one attached hydrogen (secondary N) is 1. The van der Waals surface area contributed by atoms with E-state index < -0.39 is 0 Å². The number of hydrogen-bond donors (Lipinski definition) is 1. The standard InChI is InChI=1S/C16H16BrCl2NO/c1-3-20-16(13-9-11(18)5-7-14(13)19)12-6-4-10(17)8-15(12)21-2/h4-9,16,20H,3H2,1-2H3. The molecule has 1 atom stereocenters. The molecule has 0 bridgehead atoms. The summed E-state index contributed by atoms with van der Waals surface area (Å²) < 4.78 is 6.47. The zero-order valence-corrected chi connectivity index (χ0v) is 14.9. The van der Waals surface area contributed by atoms with Crippen LogP contribution >= 0.6 is 39.1 Å². The monoisotopic (exact) mass is 387 g/mol. The second kappa shape index (κ2) is 7.50. The molecular weight excluding hydrogens is 373 g/mol. The maximum absolute atomic E-state index is 6.35. The van der Waals surface area contributed by atoms with Crippen molar-refractivity contribution in [3.63, 3.8) is 0 Å². The Balaban J connectivity index is 2.55. The molecule has 2 aromatic rings. The van der Waals surface area contributed by atoms with Crippen LogP contribution in [0.5, 0.6) is 5.75 Å². The molecule has 0 saturated heterocycles. The van der Waals surface area contributed by atoms with Gasteiger partial charge in [-0.1, -0.05) is 52.1 Å². The molecule has 0 radical (unpaired) electrons. The Bertz CT molecular complexity index is 634. The summed E-state index contributed by atoms with van der Waals surface area (Å²) in [5.41, 5.74) is 1.96. The second-order valence-corrected chi connectivity index (χ2v) is 6.30. The minimum Gasteiger partial charge on any atom is -0.496 e. The van der Waals surface area contributed by atoms with Gasteiger partial charge in [-0.2, -0.15) is 0 Å². The second-order valence-electron chi connectivity index (χ2n) is 4.54. The first-order valence-electron chi connectivity index (χ1n) is 6.58. The summed E-state index contributed by atoms with van der Waals surface area (Å²) in [5, 5.41) is 4.78. The van der Waals surface area contributed by atoms with Gasteiger partial charge in [0.15, 0.2) is 0 Å². The van der Waals surface area contributed by atoms with Crippen LogP contribution in [0.2, 0.25) is 10.0 Å². The van der Waals surface area contributed by atoms with Crippen molar-refractivity contribution in [2.75, 3.05) is 13.7 Å². The normalized spacial score (nSPS) is 12.2. The first-order chi connectivity index (χ1) is 10.1. The van der Waals surface area contributed by atoms with Gasteiger partial charge in [-0.15, -0.1) is 0 Å². The maximum Gasteiger partial charge on any atom is 0.125 e. The van der Waals surface area contributed by atoms with E-state index in [0.717, 1.165) is 27.9 Å². The molecule has 0 aliphatic carbocycles. The molecule has 0 amide bonds. The zero-order chi connectivity index (χ0) is 15.4. The van der Waals surface area contributed by atoms with Crippen LogP contribution in [0.25, 0.3) is 0 Å². The summed E-state index contributed by atoms with van der Waals surface area (Å²) in [6.45, 7) is 2.85. The average Bonchev–Trinajstić information content (AvgIpc) is 2.48. The van der Waals surface area contributed by atoms with Crippen molar-refractivity contribution in [1.29, 1.82) is 0 Å². The van der Waals surface area contributed by atoms with Gasteiger partial charge in [0.25, 0.3) is 0 Å². The van der Waals surface area contributed by atoms with Crippen LogP contribution in [0.15, 0.2) is 40.9 Å². The molecule has 5 heteroatoms. The van der Waals surface area contributed by atoms with Crippen LogP contribution < -0.4 is 10.1 Å². The molecule has 0 aromatic heterocycles. The fraction of sp³-hybridized carbons (Fsp3) is 0.250. The summed E-state index contributed by atoms with van der Waals surface area (Å²) in [6, 6.07) is 11.4. The summed E-state index contributed by atoms with van der Waals surface area (Å²) in [7, 11) is 1.66. The molecule has 112 valence electrons. The molecule has 0 fully saturated rings. The third kappa shape index (κ3) is 3.92. The highest BCUT2D eigenvalue weighted by Crippen LogP contribution is 2.36. The maximum atomic E-state index is 6.35. The van der Waals surface area contributed by atoms with Crippen LogP contribution in [0.3, 0.4) is 0 Å². The number of methoxy groups -OCH3 is 1. The van der Waals surface area contributed by atoms with Gasteiger partial charge in [-0.25, -0.2) is 0 Å². The Hall–Kier alpha value is -0.740. The van der Waals surface area contributed by atoms with E-state index in [2.05, 4.69) is 28.2 Å². The Kier molecular flexibility index (Phi) is 5.94. The molecule has 0 heterocycles. The van der Waals surface area contributed by atoms with Gasteiger partial charge in [-0.3, -0.25) is 0 Å². The largest absolute Gasteiger partial charge is 0.496 e. The van der Waals surface area contributed by atoms with Crippen LogP contribution in [0.1, 0.15) is 24.1 Å². The van der Waals surface area contributed by atoms with Gasteiger partial charge < -0.3 is 10.1 Å². The Labute approximate surface area is 143 Å². The van der Waals surface area contributed by atoms with Crippen molar-refractivity contribution in [3.8, 4) is 5.75 Å². The molecule has 2 rings (SSSR count). The van der Waals surface area contributed by atoms with Gasteiger partial charge in [0.05, 0.1) is 13.2 Å². The molecule has 21 heavy (non-hydrogen) atoms. The SMILES string of the molecule is CCNC(c1cc(Cl)ccc1Cl)c1ccc(Br)cc1OC. The fourth-order valence-corrected chi connectivity index (χ4v) is 3.00. The third-order valence-electron chi connectivity index (χ3n) is 3.18. The lowest BCUT2D eigenvalue weighted by molar-refractivity contribution is 0.404. The van der Waals surface area contributed by atoms with Gasteiger partial charge in [0.2, 0.25) is 0 Å². The lowest BCUT2D eigenvalue weighted by atomic mass is 9.97. The number of halogens is 3. The first kappa shape index (κ1) is 16.6. The molecule has 2 nitrogen and oxygen atoms in total. The summed E-state index contributed by atoms with van der Waals surface area (Å²) in [6.07, 6.45) is 0. The molecule has 0 aliphatic rings. The van der Waals surface area contributed by atoms with Crippen molar-refractivity contribution in [3.05, 3.63) is 62.0 Å². The summed E-state index contributed by atoms with van der Waals surface area (Å²) in [5.74, 6) is 0.798. The molecule has 0 saturated carbocycles. The molecule has 0 spiro atoms. The van der Waals surface area contributed by atoms with Gasteiger partial charge in [0, 0.05) is 20.1 Å². The average molecular weight is 389 g/mol. The quantitative estimate of drug-likeness (QED) is 0.733. The smallest absolute Gasteiger partial charge is 0.125 e. The van der Waals surface area contributed by atoms with E-state index >= 15 is 0 Å². The predicted octanol–water partition coefficient (Wildman–Crippen LogP) is 5.46. The molecule has 0 aliphatic heterocycles. The zero-order valence-electron chi connectivity index (χ0n) is 11.8. The van der Waals surface area contributed by atoms with E-state index in [1.807, 2.05) is 30.3 Å². The van der Waals surface area contributed by atoms with Crippen LogP contribution in [0, 0.1) is 0 Å². The van der Waals surface area contributed by atoms with Crippen LogP contribution in [-0.2, 0) is 0 Å². The van der Waals surface area contributed by atoms with Gasteiger partial charge in [-0.05, 0) is 42.4 Å². The summed E-state index contributed by atoms with van der Waals surface area (Å²) >= 11 is 15.9. The highest BCUT2D eigenvalue weighted by atomic mass is 79.9. The van der Waals surface area contributed by atoms with E-state index in [0.29, 0.717) is 10.0 Å². The van der Waals surface area contributed by atoms with Gasteiger partial charge in [0.1, 0.15) is 5.75 Å². The number of benzene rings is 2. The van der Waals surface area contributed by atoms with E-state index in [1.54, 1.807) is 13.2 Å². The molecule has 1 N–H and O–H groups in total. The Morgan fingerprint density at radius 1 is 1.14 bits per heavy atom. The van der Waals surface area contributed by atoms with Crippen LogP contribution in [-0.4, -0.2) is 13.7 Å².